The molecule has 1 saturated heterocycles. The summed E-state index contributed by atoms with van der Waals surface area (Å²) < 4.78 is 0. The summed E-state index contributed by atoms with van der Waals surface area (Å²) in [6, 6.07) is 10.0. The lowest BCUT2D eigenvalue weighted by molar-refractivity contribution is 0.191. The molecule has 0 radical (unpaired) electrons. The fraction of sp³-hybridized carbons (Fsp3) is 0.500. The van der Waals surface area contributed by atoms with Crippen LogP contribution in [-0.2, 0) is 0 Å². The highest BCUT2D eigenvalue weighted by Crippen LogP contribution is 2.26. The molecule has 0 bridgehead atoms. The molecule has 96 valence electrons. The highest BCUT2D eigenvalue weighted by molar-refractivity contribution is 5.51. The molecule has 0 aromatic heterocycles. The number of hydrogen-bond donors (Lipinski definition) is 1. The van der Waals surface area contributed by atoms with Gasteiger partial charge < -0.3 is 14.9 Å². The molecule has 1 aliphatic heterocycles. The Hall–Kier alpha value is -1.57. The molecule has 0 spiro atoms. The van der Waals surface area contributed by atoms with E-state index in [0.717, 1.165) is 18.7 Å². The van der Waals surface area contributed by atoms with Crippen LogP contribution in [0.2, 0.25) is 0 Å². The summed E-state index contributed by atoms with van der Waals surface area (Å²) in [7, 11) is 4.09. The average molecular weight is 245 g/mol. The first kappa shape index (κ1) is 12.9. The first-order valence-electron chi connectivity index (χ1n) is 6.19. The van der Waals surface area contributed by atoms with Gasteiger partial charge in [-0.3, -0.25) is 0 Å². The predicted molar refractivity (Wildman–Crippen MR) is 71.5 cm³/mol. The molecule has 4 nitrogen and oxygen atoms in total. The standard InChI is InChI=1S/C14H19N3O/c1-16(2)9-13-7-14(18)10-17(13)12-5-3-11(8-15)4-6-12/h3-6,13-14,18H,7,9-10H2,1-2H3. The maximum absolute atomic E-state index is 9.83. The lowest BCUT2D eigenvalue weighted by atomic mass is 10.1. The van der Waals surface area contributed by atoms with Crippen LogP contribution in [0.15, 0.2) is 24.3 Å². The summed E-state index contributed by atoms with van der Waals surface area (Å²) in [4.78, 5) is 4.37. The second-order valence-corrected chi connectivity index (χ2v) is 5.12. The second-order valence-electron chi connectivity index (χ2n) is 5.12. The van der Waals surface area contributed by atoms with Gasteiger partial charge in [-0.1, -0.05) is 0 Å². The highest BCUT2D eigenvalue weighted by Gasteiger charge is 2.31. The number of benzene rings is 1. The largest absolute Gasteiger partial charge is 0.391 e. The molecule has 0 amide bonds. The van der Waals surface area contributed by atoms with E-state index in [1.54, 1.807) is 0 Å². The van der Waals surface area contributed by atoms with Gasteiger partial charge in [0, 0.05) is 24.8 Å². The Bertz CT molecular complexity index is 435. The second kappa shape index (κ2) is 5.38. The van der Waals surface area contributed by atoms with Gasteiger partial charge in [0.2, 0.25) is 0 Å². The van der Waals surface area contributed by atoms with Gasteiger partial charge in [-0.25, -0.2) is 0 Å². The summed E-state index contributed by atoms with van der Waals surface area (Å²) in [6.45, 7) is 1.60. The number of aliphatic hydroxyl groups is 1. The quantitative estimate of drug-likeness (QED) is 0.865. The van der Waals surface area contributed by atoms with E-state index < -0.39 is 0 Å². The Labute approximate surface area is 108 Å². The lowest BCUT2D eigenvalue weighted by Crippen LogP contribution is -2.37. The summed E-state index contributed by atoms with van der Waals surface area (Å²) >= 11 is 0. The zero-order valence-corrected chi connectivity index (χ0v) is 10.9. The number of likely N-dealkylation sites (N-methyl/N-ethyl adjacent to an activating group) is 1. The van der Waals surface area contributed by atoms with Crippen LogP contribution < -0.4 is 4.90 Å². The summed E-state index contributed by atoms with van der Waals surface area (Å²) in [5.41, 5.74) is 1.75. The van der Waals surface area contributed by atoms with E-state index in [1.165, 1.54) is 0 Å². The molecule has 18 heavy (non-hydrogen) atoms. The van der Waals surface area contributed by atoms with E-state index >= 15 is 0 Å². The van der Waals surface area contributed by atoms with Crippen LogP contribution in [-0.4, -0.2) is 49.3 Å². The maximum Gasteiger partial charge on any atom is 0.0991 e. The monoisotopic (exact) mass is 245 g/mol. The maximum atomic E-state index is 9.83. The normalized spacial score (nSPS) is 23.4. The van der Waals surface area contributed by atoms with E-state index in [2.05, 4.69) is 15.9 Å². The van der Waals surface area contributed by atoms with Crippen LogP contribution in [0, 0.1) is 11.3 Å². The lowest BCUT2D eigenvalue weighted by Gasteiger charge is -2.28. The summed E-state index contributed by atoms with van der Waals surface area (Å²) in [6.07, 6.45) is 0.545. The fourth-order valence-electron chi connectivity index (χ4n) is 2.53. The van der Waals surface area contributed by atoms with E-state index in [1.807, 2.05) is 38.4 Å². The van der Waals surface area contributed by atoms with Crippen LogP contribution in [0.5, 0.6) is 0 Å². The first-order chi connectivity index (χ1) is 8.60. The molecular formula is C14H19N3O. The third-order valence-corrected chi connectivity index (χ3v) is 3.30. The van der Waals surface area contributed by atoms with Crippen LogP contribution in [0.25, 0.3) is 0 Å². The van der Waals surface area contributed by atoms with E-state index in [-0.39, 0.29) is 6.10 Å². The summed E-state index contributed by atoms with van der Waals surface area (Å²) in [5.74, 6) is 0. The Balaban J connectivity index is 2.16. The van der Waals surface area contributed by atoms with Crippen molar-refractivity contribution < 1.29 is 5.11 Å². The molecule has 2 rings (SSSR count). The van der Waals surface area contributed by atoms with Crippen molar-refractivity contribution in [2.24, 2.45) is 0 Å². The van der Waals surface area contributed by atoms with Crippen molar-refractivity contribution in [3.05, 3.63) is 29.8 Å². The van der Waals surface area contributed by atoms with Gasteiger partial charge in [-0.2, -0.15) is 5.26 Å². The number of rotatable bonds is 3. The minimum absolute atomic E-state index is 0.259. The Morgan fingerprint density at radius 3 is 2.61 bits per heavy atom. The molecular weight excluding hydrogens is 226 g/mol. The van der Waals surface area contributed by atoms with Gasteiger partial charge in [-0.05, 0) is 44.8 Å². The van der Waals surface area contributed by atoms with Crippen molar-refractivity contribution in [1.82, 2.24) is 4.90 Å². The van der Waals surface area contributed by atoms with Gasteiger partial charge in [0.05, 0.1) is 17.7 Å². The van der Waals surface area contributed by atoms with E-state index in [0.29, 0.717) is 18.2 Å². The molecule has 1 aromatic carbocycles. The Morgan fingerprint density at radius 2 is 2.06 bits per heavy atom. The van der Waals surface area contributed by atoms with Crippen molar-refractivity contribution in [1.29, 1.82) is 5.26 Å². The van der Waals surface area contributed by atoms with Crippen molar-refractivity contribution in [3.63, 3.8) is 0 Å². The molecule has 1 aromatic rings. The predicted octanol–water partition coefficient (Wildman–Crippen LogP) is 1.06. The molecule has 1 aliphatic rings. The zero-order chi connectivity index (χ0) is 13.1. The molecule has 2 unspecified atom stereocenters. The van der Waals surface area contributed by atoms with Gasteiger partial charge in [0.1, 0.15) is 0 Å². The first-order valence-corrected chi connectivity index (χ1v) is 6.19. The minimum atomic E-state index is -0.259. The summed E-state index contributed by atoms with van der Waals surface area (Å²) in [5, 5.41) is 18.6. The van der Waals surface area contributed by atoms with Gasteiger partial charge >= 0.3 is 0 Å². The fourth-order valence-corrected chi connectivity index (χ4v) is 2.53. The van der Waals surface area contributed by atoms with Crippen molar-refractivity contribution in [2.75, 3.05) is 32.1 Å². The third-order valence-electron chi connectivity index (χ3n) is 3.30. The van der Waals surface area contributed by atoms with Gasteiger partial charge in [0.25, 0.3) is 0 Å². The molecule has 2 atom stereocenters. The van der Waals surface area contributed by atoms with Gasteiger partial charge in [-0.15, -0.1) is 0 Å². The molecule has 1 fully saturated rings. The van der Waals surface area contributed by atoms with Crippen molar-refractivity contribution >= 4 is 5.69 Å². The van der Waals surface area contributed by atoms with Crippen LogP contribution in [0.4, 0.5) is 5.69 Å². The topological polar surface area (TPSA) is 50.5 Å². The minimum Gasteiger partial charge on any atom is -0.391 e. The van der Waals surface area contributed by atoms with Crippen LogP contribution >= 0.6 is 0 Å². The number of nitrogens with zero attached hydrogens (tertiary/aromatic N) is 3. The van der Waals surface area contributed by atoms with Crippen molar-refractivity contribution in [3.8, 4) is 6.07 Å². The average Bonchev–Trinajstić information content (AvgIpc) is 2.69. The zero-order valence-electron chi connectivity index (χ0n) is 10.9. The van der Waals surface area contributed by atoms with Crippen molar-refractivity contribution in [2.45, 2.75) is 18.6 Å². The van der Waals surface area contributed by atoms with Gasteiger partial charge in [0.15, 0.2) is 0 Å². The number of hydrogen-bond acceptors (Lipinski definition) is 4. The SMILES string of the molecule is CN(C)CC1CC(O)CN1c1ccc(C#N)cc1. The smallest absolute Gasteiger partial charge is 0.0991 e. The Kier molecular flexibility index (Phi) is 3.85. The third kappa shape index (κ3) is 2.81. The molecule has 4 heteroatoms. The number of anilines is 1. The van der Waals surface area contributed by atoms with E-state index in [9.17, 15) is 5.11 Å². The molecule has 1 heterocycles. The number of β-amino-alcohol motifs (C(OH)–C–C–N with tert-alkyl or cyclic N) is 1. The van der Waals surface area contributed by atoms with Crippen LogP contribution in [0.3, 0.4) is 0 Å². The highest BCUT2D eigenvalue weighted by atomic mass is 16.3. The van der Waals surface area contributed by atoms with E-state index in [4.69, 9.17) is 5.26 Å². The molecule has 1 N–H and O–H groups in total. The van der Waals surface area contributed by atoms with Crippen LogP contribution in [0.1, 0.15) is 12.0 Å². The Morgan fingerprint density at radius 1 is 1.39 bits per heavy atom. The molecule has 0 aliphatic carbocycles. The molecule has 0 saturated carbocycles. The number of aliphatic hydroxyl groups excluding tert-OH is 1. The number of nitriles is 1.